The number of hydrogen-bond donors (Lipinski definition) is 3. The van der Waals surface area contributed by atoms with Gasteiger partial charge in [0.05, 0.1) is 0 Å². The number of likely N-dealkylation sites (N-methyl/N-ethyl adjacent to an activating group) is 1. The lowest BCUT2D eigenvalue weighted by molar-refractivity contribution is -0.125. The van der Waals surface area contributed by atoms with Crippen molar-refractivity contribution in [2.45, 2.75) is 19.4 Å². The van der Waals surface area contributed by atoms with Crippen molar-refractivity contribution in [3.8, 4) is 0 Å². The lowest BCUT2D eigenvalue weighted by atomic mass is 10.1. The fourth-order valence-electron chi connectivity index (χ4n) is 0.714. The molecule has 0 fully saturated rings. The second kappa shape index (κ2) is 3.38. The first-order valence-electron chi connectivity index (χ1n) is 3.23. The Morgan fingerprint density at radius 3 is 2.08 bits per heavy atom. The standard InChI is InChI=1S/C5H13N3O3S/c1-5(2,4(9)7-3)8-12(6,10)11/h8H,1-3H3,(H,7,9)(H2,6,10,11). The van der Waals surface area contributed by atoms with Crippen LogP contribution in [0.1, 0.15) is 13.8 Å². The molecule has 0 aliphatic carbocycles. The molecule has 0 saturated heterocycles. The van der Waals surface area contributed by atoms with Gasteiger partial charge in [0, 0.05) is 7.05 Å². The number of rotatable bonds is 3. The second-order valence-electron chi connectivity index (χ2n) is 2.85. The second-order valence-corrected chi connectivity index (χ2v) is 4.15. The summed E-state index contributed by atoms with van der Waals surface area (Å²) in [5, 5.41) is 7.00. The van der Waals surface area contributed by atoms with Crippen LogP contribution in [0.3, 0.4) is 0 Å². The third-order valence-electron chi connectivity index (χ3n) is 1.19. The first-order valence-corrected chi connectivity index (χ1v) is 4.77. The largest absolute Gasteiger partial charge is 0.358 e. The van der Waals surface area contributed by atoms with Crippen LogP contribution < -0.4 is 15.2 Å². The lowest BCUT2D eigenvalue weighted by Gasteiger charge is -2.22. The predicted octanol–water partition coefficient (Wildman–Crippen LogP) is -1.70. The molecule has 0 aliphatic heterocycles. The van der Waals surface area contributed by atoms with Crippen molar-refractivity contribution < 1.29 is 13.2 Å². The molecule has 0 rings (SSSR count). The number of carbonyl (C=O) groups excluding carboxylic acids is 1. The topological polar surface area (TPSA) is 101 Å². The van der Waals surface area contributed by atoms with Crippen molar-refractivity contribution in [2.75, 3.05) is 7.05 Å². The zero-order valence-electron chi connectivity index (χ0n) is 7.21. The van der Waals surface area contributed by atoms with Crippen LogP contribution in [0.25, 0.3) is 0 Å². The van der Waals surface area contributed by atoms with Gasteiger partial charge in [0.1, 0.15) is 5.54 Å². The maximum Gasteiger partial charge on any atom is 0.275 e. The molecule has 72 valence electrons. The van der Waals surface area contributed by atoms with Gasteiger partial charge in [0.15, 0.2) is 0 Å². The zero-order chi connectivity index (χ0) is 9.99. The normalized spacial score (nSPS) is 12.7. The van der Waals surface area contributed by atoms with Gasteiger partial charge in [-0.15, -0.1) is 0 Å². The number of hydrogen-bond acceptors (Lipinski definition) is 3. The van der Waals surface area contributed by atoms with Crippen molar-refractivity contribution >= 4 is 16.1 Å². The third kappa shape index (κ3) is 3.65. The van der Waals surface area contributed by atoms with Crippen LogP contribution >= 0.6 is 0 Å². The molecular weight excluding hydrogens is 182 g/mol. The van der Waals surface area contributed by atoms with Gasteiger partial charge in [-0.25, -0.2) is 5.14 Å². The first-order chi connectivity index (χ1) is 5.19. The minimum Gasteiger partial charge on any atom is -0.358 e. The van der Waals surface area contributed by atoms with Crippen molar-refractivity contribution in [1.82, 2.24) is 10.0 Å². The van der Waals surface area contributed by atoms with Crippen molar-refractivity contribution in [2.24, 2.45) is 5.14 Å². The number of amides is 1. The van der Waals surface area contributed by atoms with Gasteiger partial charge in [-0.2, -0.15) is 13.1 Å². The minimum atomic E-state index is -3.85. The summed E-state index contributed by atoms with van der Waals surface area (Å²) in [6.07, 6.45) is 0. The summed E-state index contributed by atoms with van der Waals surface area (Å²) in [5.74, 6) is -0.448. The molecule has 0 heterocycles. The predicted molar refractivity (Wildman–Crippen MR) is 44.4 cm³/mol. The molecule has 0 aromatic heterocycles. The monoisotopic (exact) mass is 195 g/mol. The maximum absolute atomic E-state index is 11.0. The summed E-state index contributed by atoms with van der Waals surface area (Å²) in [5.41, 5.74) is -1.22. The van der Waals surface area contributed by atoms with Crippen LogP contribution in [-0.2, 0) is 15.0 Å². The highest BCUT2D eigenvalue weighted by Gasteiger charge is 2.29. The molecule has 4 N–H and O–H groups in total. The quantitative estimate of drug-likeness (QED) is 0.500. The molecule has 1 amide bonds. The number of nitrogens with two attached hydrogens (primary N) is 1. The molecule has 7 heteroatoms. The van der Waals surface area contributed by atoms with E-state index in [1.807, 2.05) is 4.72 Å². The Bertz CT molecular complexity index is 270. The molecule has 0 bridgehead atoms. The van der Waals surface area contributed by atoms with E-state index in [0.29, 0.717) is 0 Å². The third-order valence-corrected chi connectivity index (χ3v) is 1.99. The fourth-order valence-corrected chi connectivity index (χ4v) is 1.52. The summed E-state index contributed by atoms with van der Waals surface area (Å²) >= 11 is 0. The van der Waals surface area contributed by atoms with E-state index >= 15 is 0 Å². The van der Waals surface area contributed by atoms with Crippen molar-refractivity contribution in [1.29, 1.82) is 0 Å². The Kier molecular flexibility index (Phi) is 3.19. The van der Waals surface area contributed by atoms with E-state index in [4.69, 9.17) is 5.14 Å². The average Bonchev–Trinajstić information content (AvgIpc) is 1.80. The van der Waals surface area contributed by atoms with Gasteiger partial charge in [-0.3, -0.25) is 4.79 Å². The zero-order valence-corrected chi connectivity index (χ0v) is 8.03. The molecule has 12 heavy (non-hydrogen) atoms. The van der Waals surface area contributed by atoms with Crippen LogP contribution in [0.4, 0.5) is 0 Å². The van der Waals surface area contributed by atoms with Crippen molar-refractivity contribution in [3.05, 3.63) is 0 Å². The minimum absolute atomic E-state index is 0.448. The Balaban J connectivity index is 4.54. The number of nitrogens with one attached hydrogen (secondary N) is 2. The molecule has 0 radical (unpaired) electrons. The lowest BCUT2D eigenvalue weighted by Crippen LogP contribution is -2.55. The number of carbonyl (C=O) groups is 1. The van der Waals surface area contributed by atoms with Gasteiger partial charge >= 0.3 is 0 Å². The van der Waals surface area contributed by atoms with Gasteiger partial charge in [0.25, 0.3) is 10.2 Å². The van der Waals surface area contributed by atoms with E-state index in [9.17, 15) is 13.2 Å². The van der Waals surface area contributed by atoms with E-state index in [0.717, 1.165) is 0 Å². The van der Waals surface area contributed by atoms with E-state index in [1.165, 1.54) is 20.9 Å². The Hall–Kier alpha value is -0.660. The Morgan fingerprint density at radius 1 is 1.42 bits per heavy atom. The summed E-state index contributed by atoms with van der Waals surface area (Å²) in [7, 11) is -2.44. The molecule has 0 saturated carbocycles. The highest BCUT2D eigenvalue weighted by Crippen LogP contribution is 2.01. The maximum atomic E-state index is 11.0. The molecule has 6 nitrogen and oxygen atoms in total. The van der Waals surface area contributed by atoms with Gasteiger partial charge < -0.3 is 5.32 Å². The summed E-state index contributed by atoms with van der Waals surface area (Å²) in [4.78, 5) is 11.0. The molecule has 0 spiro atoms. The van der Waals surface area contributed by atoms with Crippen LogP contribution in [0.2, 0.25) is 0 Å². The van der Waals surface area contributed by atoms with Crippen LogP contribution in [0.5, 0.6) is 0 Å². The Labute approximate surface area is 71.7 Å². The highest BCUT2D eigenvalue weighted by molar-refractivity contribution is 7.87. The molecule has 0 unspecified atom stereocenters. The SMILES string of the molecule is CNC(=O)C(C)(C)NS(N)(=O)=O. The van der Waals surface area contributed by atoms with E-state index < -0.39 is 21.7 Å². The fraction of sp³-hybridized carbons (Fsp3) is 0.800. The molecule has 0 aromatic carbocycles. The van der Waals surface area contributed by atoms with Crippen LogP contribution in [0, 0.1) is 0 Å². The smallest absolute Gasteiger partial charge is 0.275 e. The van der Waals surface area contributed by atoms with Crippen LogP contribution in [0.15, 0.2) is 0 Å². The average molecular weight is 195 g/mol. The van der Waals surface area contributed by atoms with Gasteiger partial charge in [-0.1, -0.05) is 0 Å². The van der Waals surface area contributed by atoms with Crippen LogP contribution in [-0.4, -0.2) is 26.9 Å². The van der Waals surface area contributed by atoms with E-state index in [2.05, 4.69) is 5.32 Å². The van der Waals surface area contributed by atoms with E-state index in [-0.39, 0.29) is 0 Å². The van der Waals surface area contributed by atoms with Gasteiger partial charge in [-0.05, 0) is 13.8 Å². The Morgan fingerprint density at radius 2 is 1.83 bits per heavy atom. The highest BCUT2D eigenvalue weighted by atomic mass is 32.2. The van der Waals surface area contributed by atoms with Gasteiger partial charge in [0.2, 0.25) is 5.91 Å². The summed E-state index contributed by atoms with van der Waals surface area (Å²) in [6, 6.07) is 0. The summed E-state index contributed by atoms with van der Waals surface area (Å²) in [6.45, 7) is 2.83. The molecule has 0 aromatic rings. The van der Waals surface area contributed by atoms with Crippen molar-refractivity contribution in [3.63, 3.8) is 0 Å². The first kappa shape index (κ1) is 11.3. The summed E-state index contributed by atoms with van der Waals surface area (Å²) < 4.78 is 23.1. The molecular formula is C5H13N3O3S. The van der Waals surface area contributed by atoms with E-state index in [1.54, 1.807) is 0 Å². The molecule has 0 atom stereocenters. The molecule has 0 aliphatic rings.